The summed E-state index contributed by atoms with van der Waals surface area (Å²) in [7, 11) is 0. The van der Waals surface area contributed by atoms with Crippen molar-refractivity contribution in [2.45, 2.75) is 58.2 Å². The third-order valence-electron chi connectivity index (χ3n) is 4.01. The van der Waals surface area contributed by atoms with Crippen LogP contribution in [0.2, 0.25) is 0 Å². The molecule has 4 atom stereocenters. The van der Waals surface area contributed by atoms with Crippen molar-refractivity contribution in [1.82, 2.24) is 10.2 Å². The van der Waals surface area contributed by atoms with Gasteiger partial charge in [0, 0.05) is 6.54 Å². The molecule has 0 aromatic heterocycles. The van der Waals surface area contributed by atoms with E-state index in [1.807, 2.05) is 13.8 Å². The average Bonchev–Trinajstić information content (AvgIpc) is 2.92. The molecule has 1 aliphatic rings. The van der Waals surface area contributed by atoms with Gasteiger partial charge >= 0.3 is 5.97 Å². The minimum absolute atomic E-state index is 0.0877. The molecule has 120 valence electrons. The first kappa shape index (κ1) is 17.4. The Kier molecular flexibility index (Phi) is 6.14. The average molecular weight is 299 g/mol. The van der Waals surface area contributed by atoms with Crippen molar-refractivity contribution in [3.63, 3.8) is 0 Å². The number of aliphatic carboxylic acids is 1. The van der Waals surface area contributed by atoms with Crippen molar-refractivity contribution in [3.05, 3.63) is 0 Å². The number of carboxylic acids is 1. The highest BCUT2D eigenvalue weighted by Crippen LogP contribution is 2.21. The van der Waals surface area contributed by atoms with Crippen molar-refractivity contribution >= 4 is 17.8 Å². The fourth-order valence-corrected chi connectivity index (χ4v) is 2.43. The zero-order chi connectivity index (χ0) is 16.2. The van der Waals surface area contributed by atoms with Crippen LogP contribution in [0.5, 0.6) is 0 Å². The number of nitrogens with zero attached hydrogens (tertiary/aromatic N) is 1. The molecule has 0 spiro atoms. The van der Waals surface area contributed by atoms with Gasteiger partial charge in [-0.2, -0.15) is 0 Å². The van der Waals surface area contributed by atoms with E-state index in [9.17, 15) is 19.5 Å². The highest BCUT2D eigenvalue weighted by molar-refractivity contribution is 5.92. The van der Waals surface area contributed by atoms with Gasteiger partial charge in [0.25, 0.3) is 0 Å². The van der Waals surface area contributed by atoms with E-state index in [0.29, 0.717) is 25.8 Å². The summed E-state index contributed by atoms with van der Waals surface area (Å²) in [6, 6.07) is -2.23. The number of likely N-dealkylation sites (tertiary alicyclic amines) is 1. The summed E-state index contributed by atoms with van der Waals surface area (Å²) in [5.41, 5.74) is 5.52. The number of carbonyl (C=O) groups excluding carboxylic acids is 2. The van der Waals surface area contributed by atoms with Crippen LogP contribution in [0.25, 0.3) is 0 Å². The molecule has 1 heterocycles. The van der Waals surface area contributed by atoms with Crippen LogP contribution in [0.15, 0.2) is 0 Å². The number of carboxylic acid groups (broad SMARTS) is 1. The third-order valence-corrected chi connectivity index (χ3v) is 4.01. The summed E-state index contributed by atoms with van der Waals surface area (Å²) < 4.78 is 0. The third kappa shape index (κ3) is 4.17. The number of hydrogen-bond donors (Lipinski definition) is 3. The largest absolute Gasteiger partial charge is 0.480 e. The lowest BCUT2D eigenvalue weighted by atomic mass is 9.97. The van der Waals surface area contributed by atoms with Gasteiger partial charge < -0.3 is 21.1 Å². The molecule has 0 aromatic rings. The van der Waals surface area contributed by atoms with Crippen molar-refractivity contribution in [2.24, 2.45) is 11.7 Å². The van der Waals surface area contributed by atoms with E-state index in [1.54, 1.807) is 6.92 Å². The molecule has 0 saturated carbocycles. The van der Waals surface area contributed by atoms with Crippen LogP contribution in [-0.2, 0) is 14.4 Å². The number of nitrogens with two attached hydrogens (primary N) is 1. The highest BCUT2D eigenvalue weighted by atomic mass is 16.4. The van der Waals surface area contributed by atoms with Crippen LogP contribution in [0.3, 0.4) is 0 Å². The van der Waals surface area contributed by atoms with Gasteiger partial charge in [-0.05, 0) is 25.7 Å². The maximum atomic E-state index is 12.6. The predicted molar refractivity (Wildman–Crippen MR) is 77.4 cm³/mol. The Balaban J connectivity index is 2.89. The van der Waals surface area contributed by atoms with E-state index in [0.717, 1.165) is 0 Å². The first-order valence-electron chi connectivity index (χ1n) is 7.38. The summed E-state index contributed by atoms with van der Waals surface area (Å²) >= 11 is 0. The van der Waals surface area contributed by atoms with E-state index in [-0.39, 0.29) is 11.8 Å². The standard InChI is InChI=1S/C14H25N3O4/c1-4-8(2)11(16-12(18)9(3)15)13(19)17-7-5-6-10(17)14(20)21/h8-11H,4-7,15H2,1-3H3,(H,16,18)(H,20,21)/t8-,9-,10+,11-/m0/s1. The van der Waals surface area contributed by atoms with Crippen LogP contribution in [0.1, 0.15) is 40.0 Å². The maximum Gasteiger partial charge on any atom is 0.326 e. The number of carbonyl (C=O) groups is 3. The monoisotopic (exact) mass is 299 g/mol. The minimum Gasteiger partial charge on any atom is -0.480 e. The Labute approximate surface area is 124 Å². The molecule has 0 bridgehead atoms. The molecule has 7 nitrogen and oxygen atoms in total. The molecular weight excluding hydrogens is 274 g/mol. The molecule has 2 amide bonds. The van der Waals surface area contributed by atoms with Gasteiger partial charge in [-0.1, -0.05) is 20.3 Å². The second-order valence-corrected chi connectivity index (χ2v) is 5.69. The van der Waals surface area contributed by atoms with Gasteiger partial charge in [-0.3, -0.25) is 9.59 Å². The van der Waals surface area contributed by atoms with E-state index in [1.165, 1.54) is 4.90 Å². The van der Waals surface area contributed by atoms with E-state index < -0.39 is 30.0 Å². The summed E-state index contributed by atoms with van der Waals surface area (Å²) in [6.45, 7) is 5.73. The van der Waals surface area contributed by atoms with Gasteiger partial charge in [0.1, 0.15) is 12.1 Å². The Hall–Kier alpha value is -1.63. The summed E-state index contributed by atoms with van der Waals surface area (Å²) in [6.07, 6.45) is 1.81. The minimum atomic E-state index is -0.998. The predicted octanol–water partition coefficient (Wildman–Crippen LogP) is -0.0599. The second-order valence-electron chi connectivity index (χ2n) is 5.69. The first-order valence-corrected chi connectivity index (χ1v) is 7.38. The Morgan fingerprint density at radius 3 is 2.48 bits per heavy atom. The first-order chi connectivity index (χ1) is 9.79. The lowest BCUT2D eigenvalue weighted by molar-refractivity contribution is -0.150. The van der Waals surface area contributed by atoms with Crippen molar-refractivity contribution in [3.8, 4) is 0 Å². The van der Waals surface area contributed by atoms with Crippen LogP contribution >= 0.6 is 0 Å². The van der Waals surface area contributed by atoms with Gasteiger partial charge in [0.15, 0.2) is 0 Å². The molecule has 0 unspecified atom stereocenters. The topological polar surface area (TPSA) is 113 Å². The van der Waals surface area contributed by atoms with Crippen molar-refractivity contribution in [2.75, 3.05) is 6.54 Å². The Morgan fingerprint density at radius 1 is 1.38 bits per heavy atom. The number of amides is 2. The van der Waals surface area contributed by atoms with Gasteiger partial charge in [0.05, 0.1) is 6.04 Å². The normalized spacial score (nSPS) is 22.5. The number of hydrogen-bond acceptors (Lipinski definition) is 4. The van der Waals surface area contributed by atoms with E-state index >= 15 is 0 Å². The molecule has 7 heteroatoms. The van der Waals surface area contributed by atoms with Crippen molar-refractivity contribution in [1.29, 1.82) is 0 Å². The molecule has 4 N–H and O–H groups in total. The molecule has 0 aromatic carbocycles. The lowest BCUT2D eigenvalue weighted by Gasteiger charge is -2.30. The summed E-state index contributed by atoms with van der Waals surface area (Å²) in [5, 5.41) is 11.8. The Bertz CT molecular complexity index is 411. The maximum absolute atomic E-state index is 12.6. The van der Waals surface area contributed by atoms with Gasteiger partial charge in [-0.15, -0.1) is 0 Å². The zero-order valence-corrected chi connectivity index (χ0v) is 12.8. The molecule has 21 heavy (non-hydrogen) atoms. The molecule has 1 rings (SSSR count). The quantitative estimate of drug-likeness (QED) is 0.636. The lowest BCUT2D eigenvalue weighted by Crippen LogP contribution is -2.56. The van der Waals surface area contributed by atoms with Crippen LogP contribution in [-0.4, -0.2) is 52.5 Å². The van der Waals surface area contributed by atoms with E-state index in [2.05, 4.69) is 5.32 Å². The molecule has 1 aliphatic heterocycles. The van der Waals surface area contributed by atoms with Crippen LogP contribution < -0.4 is 11.1 Å². The van der Waals surface area contributed by atoms with E-state index in [4.69, 9.17) is 5.73 Å². The van der Waals surface area contributed by atoms with Gasteiger partial charge in [-0.25, -0.2) is 4.79 Å². The van der Waals surface area contributed by atoms with Crippen LogP contribution in [0.4, 0.5) is 0 Å². The van der Waals surface area contributed by atoms with Gasteiger partial charge in [0.2, 0.25) is 11.8 Å². The fraction of sp³-hybridized carbons (Fsp3) is 0.786. The highest BCUT2D eigenvalue weighted by Gasteiger charge is 2.39. The molecule has 1 saturated heterocycles. The molecule has 0 aliphatic carbocycles. The van der Waals surface area contributed by atoms with Crippen molar-refractivity contribution < 1.29 is 19.5 Å². The van der Waals surface area contributed by atoms with Crippen LogP contribution in [0, 0.1) is 5.92 Å². The fourth-order valence-electron chi connectivity index (χ4n) is 2.43. The molecule has 1 fully saturated rings. The number of rotatable bonds is 6. The second kappa shape index (κ2) is 7.40. The number of nitrogens with one attached hydrogen (secondary N) is 1. The molecular formula is C14H25N3O4. The summed E-state index contributed by atoms with van der Waals surface area (Å²) in [5.74, 6) is -1.82. The summed E-state index contributed by atoms with van der Waals surface area (Å²) in [4.78, 5) is 37.0. The Morgan fingerprint density at radius 2 is 2.00 bits per heavy atom. The molecule has 0 radical (unpaired) electrons. The SMILES string of the molecule is CC[C@H](C)[C@H](NC(=O)[C@H](C)N)C(=O)N1CCC[C@@H]1C(=O)O. The zero-order valence-electron chi connectivity index (χ0n) is 12.8. The smallest absolute Gasteiger partial charge is 0.326 e.